The van der Waals surface area contributed by atoms with Crippen molar-refractivity contribution < 1.29 is 23.9 Å². The summed E-state index contributed by atoms with van der Waals surface area (Å²) in [5, 5.41) is 17.8. The normalized spacial score (nSPS) is 18.4. The summed E-state index contributed by atoms with van der Waals surface area (Å²) in [6, 6.07) is 20.0. The van der Waals surface area contributed by atoms with Crippen LogP contribution in [0.25, 0.3) is 0 Å². The number of carbonyl (C=O) groups excluding carboxylic acids is 4. The Kier molecular flexibility index (Phi) is 11.2. The first-order valence-electron chi connectivity index (χ1n) is 16.3. The third kappa shape index (κ3) is 9.43. The minimum Gasteiger partial charge on any atom is -0.457 e. The number of H-pyrrole nitrogens is 1. The summed E-state index contributed by atoms with van der Waals surface area (Å²) in [5.74, 6) is -0.561. The molecule has 4 aromatic rings. The molecule has 6 rings (SSSR count). The molecular formula is C36H41N7O6. The van der Waals surface area contributed by atoms with Gasteiger partial charge < -0.3 is 26.0 Å². The number of hydrogen-bond donors (Lipinski definition) is 5. The minimum absolute atomic E-state index is 0.0131. The first kappa shape index (κ1) is 34.6. The Labute approximate surface area is 283 Å². The van der Waals surface area contributed by atoms with Crippen molar-refractivity contribution in [1.82, 2.24) is 36.0 Å². The number of aromatic nitrogens is 3. The largest absolute Gasteiger partial charge is 0.457 e. The van der Waals surface area contributed by atoms with Crippen molar-refractivity contribution in [3.63, 3.8) is 0 Å². The van der Waals surface area contributed by atoms with Gasteiger partial charge in [0.2, 0.25) is 17.7 Å². The molecule has 13 heteroatoms. The zero-order chi connectivity index (χ0) is 34.9. The van der Waals surface area contributed by atoms with E-state index < -0.39 is 41.8 Å². The van der Waals surface area contributed by atoms with Gasteiger partial charge in [-0.1, -0.05) is 62.4 Å². The van der Waals surface area contributed by atoms with Crippen molar-refractivity contribution in [1.29, 1.82) is 0 Å². The van der Waals surface area contributed by atoms with Gasteiger partial charge in [-0.2, -0.15) is 5.10 Å². The molecule has 3 atom stereocenters. The molecule has 0 radical (unpaired) electrons. The van der Waals surface area contributed by atoms with Gasteiger partial charge in [0.1, 0.15) is 35.4 Å². The van der Waals surface area contributed by atoms with Gasteiger partial charge in [-0.05, 0) is 53.8 Å². The van der Waals surface area contributed by atoms with Crippen LogP contribution >= 0.6 is 0 Å². The number of fused-ring (bicyclic) bond motifs is 11. The number of benzene rings is 3. The van der Waals surface area contributed by atoms with Gasteiger partial charge in [-0.25, -0.2) is 9.89 Å². The van der Waals surface area contributed by atoms with E-state index in [0.29, 0.717) is 29.3 Å². The molecule has 0 spiro atoms. The molecule has 0 aliphatic carbocycles. The number of ether oxygens (including phenoxy) is 1. The number of amides is 4. The fourth-order valence-corrected chi connectivity index (χ4v) is 5.55. The van der Waals surface area contributed by atoms with Crippen molar-refractivity contribution in [2.75, 3.05) is 6.54 Å². The Hall–Kier alpha value is -5.72. The Bertz CT molecular complexity index is 1830. The molecule has 1 aromatic heterocycles. The molecule has 3 aromatic carbocycles. The lowest BCUT2D eigenvalue weighted by atomic mass is 9.99. The maximum atomic E-state index is 13.9. The van der Waals surface area contributed by atoms with E-state index in [1.54, 1.807) is 55.6 Å². The van der Waals surface area contributed by atoms with Crippen molar-refractivity contribution in [2.45, 2.75) is 57.7 Å². The topological polar surface area (TPSA) is 176 Å². The van der Waals surface area contributed by atoms with Crippen LogP contribution in [0, 0.1) is 5.92 Å². The average Bonchev–Trinajstić information content (AvgIpc) is 3.40. The highest BCUT2D eigenvalue weighted by Crippen LogP contribution is 2.23. The summed E-state index contributed by atoms with van der Waals surface area (Å²) in [5.41, 5.74) is 1.52. The lowest BCUT2D eigenvalue weighted by molar-refractivity contribution is -0.132. The summed E-state index contributed by atoms with van der Waals surface area (Å²) >= 11 is 0. The van der Waals surface area contributed by atoms with Crippen molar-refractivity contribution >= 4 is 23.6 Å². The summed E-state index contributed by atoms with van der Waals surface area (Å²) in [7, 11) is 1.58. The van der Waals surface area contributed by atoms with E-state index in [9.17, 15) is 24.0 Å². The van der Waals surface area contributed by atoms with Crippen LogP contribution < -0.4 is 31.7 Å². The molecule has 256 valence electrons. The van der Waals surface area contributed by atoms with Crippen molar-refractivity contribution in [2.24, 2.45) is 13.0 Å². The number of rotatable bonds is 8. The summed E-state index contributed by atoms with van der Waals surface area (Å²) < 4.78 is 7.38. The molecule has 13 nitrogen and oxygen atoms in total. The Balaban J connectivity index is 1.45. The number of carbonyl (C=O) groups is 4. The molecule has 4 amide bonds. The van der Waals surface area contributed by atoms with Crippen LogP contribution in [0.3, 0.4) is 0 Å². The summed E-state index contributed by atoms with van der Waals surface area (Å²) in [6.07, 6.45) is 0.918. The number of hydrogen-bond acceptors (Lipinski definition) is 7. The van der Waals surface area contributed by atoms with Crippen LogP contribution in [0.2, 0.25) is 0 Å². The highest BCUT2D eigenvalue weighted by Gasteiger charge is 2.31. The van der Waals surface area contributed by atoms with Gasteiger partial charge in [0, 0.05) is 38.4 Å². The fourth-order valence-electron chi connectivity index (χ4n) is 5.55. The lowest BCUT2D eigenvalue weighted by Gasteiger charge is -2.26. The van der Waals surface area contributed by atoms with Gasteiger partial charge >= 0.3 is 5.69 Å². The quantitative estimate of drug-likeness (QED) is 0.179. The summed E-state index contributed by atoms with van der Waals surface area (Å²) in [4.78, 5) is 66.5. The Morgan fingerprint density at radius 2 is 1.63 bits per heavy atom. The standard InChI is InChI=1S/C36H41N7O6/c1-22(2)18-28-34(46)40-29(33(45)37-17-16-31-41-42-36(48)43(31)3)20-24-12-14-26(15-13-24)49-27-11-7-10-25(21-27)32(44)38-30(35(47)39-28)19-23-8-5-4-6-9-23/h4-15,21-22,28-30H,16-20H2,1-3H3,(H,37,45)(H,38,44)(H,39,47)(H,40,46)(H,42,48)/t28-,29-,30+/m0/s1. The van der Waals surface area contributed by atoms with E-state index in [1.165, 1.54) is 4.57 Å². The average molecular weight is 668 g/mol. The maximum Gasteiger partial charge on any atom is 0.343 e. The number of nitrogens with zero attached hydrogens (tertiary/aromatic N) is 2. The Morgan fingerprint density at radius 3 is 2.33 bits per heavy atom. The van der Waals surface area contributed by atoms with Crippen molar-refractivity contribution in [3.05, 3.63) is 112 Å². The maximum absolute atomic E-state index is 13.9. The lowest BCUT2D eigenvalue weighted by Crippen LogP contribution is -2.57. The second kappa shape index (κ2) is 15.9. The third-order valence-corrected chi connectivity index (χ3v) is 8.19. The van der Waals surface area contributed by atoms with E-state index in [4.69, 9.17) is 4.74 Å². The second-order valence-corrected chi connectivity index (χ2v) is 12.5. The van der Waals surface area contributed by atoms with Crippen LogP contribution in [0.1, 0.15) is 47.6 Å². The van der Waals surface area contributed by atoms with E-state index >= 15 is 0 Å². The highest BCUT2D eigenvalue weighted by atomic mass is 16.5. The zero-order valence-electron chi connectivity index (χ0n) is 27.7. The van der Waals surface area contributed by atoms with E-state index in [-0.39, 0.29) is 37.4 Å². The molecule has 0 unspecified atom stereocenters. The molecular weight excluding hydrogens is 626 g/mol. The zero-order valence-corrected chi connectivity index (χ0v) is 27.7. The summed E-state index contributed by atoms with van der Waals surface area (Å²) in [6.45, 7) is 4.02. The van der Waals surface area contributed by atoms with Crippen LogP contribution in [0.4, 0.5) is 0 Å². The van der Waals surface area contributed by atoms with Gasteiger partial charge in [0.15, 0.2) is 0 Å². The molecule has 5 N–H and O–H groups in total. The molecule has 3 heterocycles. The van der Waals surface area contributed by atoms with Gasteiger partial charge in [0.05, 0.1) is 0 Å². The SMILES string of the molecule is CC(C)C[C@@H]1NC(=O)[C@@H](Cc2ccccc2)NC(=O)c2cccc(c2)Oc2ccc(cc2)C[C@@H](C(=O)NCCc2n[nH]c(=O)n2C)NC1=O. The minimum atomic E-state index is -1.01. The highest BCUT2D eigenvalue weighted by molar-refractivity contribution is 5.99. The predicted octanol–water partition coefficient (Wildman–Crippen LogP) is 2.17. The monoisotopic (exact) mass is 667 g/mol. The van der Waals surface area contributed by atoms with Crippen LogP contribution in [-0.4, -0.2) is 63.1 Å². The fraction of sp³-hybridized carbons (Fsp3) is 0.333. The predicted molar refractivity (Wildman–Crippen MR) is 182 cm³/mol. The number of nitrogens with one attached hydrogen (secondary N) is 5. The third-order valence-electron chi connectivity index (χ3n) is 8.19. The van der Waals surface area contributed by atoms with Crippen LogP contribution in [-0.2, 0) is 40.7 Å². The molecule has 0 saturated heterocycles. The van der Waals surface area contributed by atoms with E-state index in [2.05, 4.69) is 31.5 Å². The van der Waals surface area contributed by atoms with E-state index in [0.717, 1.165) is 11.1 Å². The van der Waals surface area contributed by atoms with Crippen molar-refractivity contribution in [3.8, 4) is 11.5 Å². The molecule has 0 fully saturated rings. The first-order valence-corrected chi connectivity index (χ1v) is 16.3. The van der Waals surface area contributed by atoms with E-state index in [1.807, 2.05) is 44.2 Å². The molecule has 2 aliphatic rings. The number of aromatic amines is 1. The molecule has 4 bridgehead atoms. The van der Waals surface area contributed by atoms with Crippen LogP contribution in [0.15, 0.2) is 83.7 Å². The molecule has 2 aliphatic heterocycles. The van der Waals surface area contributed by atoms with Gasteiger partial charge in [-0.15, -0.1) is 0 Å². The van der Waals surface area contributed by atoms with Crippen LogP contribution in [0.5, 0.6) is 11.5 Å². The van der Waals surface area contributed by atoms with Gasteiger partial charge in [-0.3, -0.25) is 23.7 Å². The first-order chi connectivity index (χ1) is 23.5. The Morgan fingerprint density at radius 1 is 0.898 bits per heavy atom. The molecule has 49 heavy (non-hydrogen) atoms. The molecule has 0 saturated carbocycles. The second-order valence-electron chi connectivity index (χ2n) is 12.5. The smallest absolute Gasteiger partial charge is 0.343 e. The van der Waals surface area contributed by atoms with Gasteiger partial charge in [0.25, 0.3) is 5.91 Å².